The second-order valence-electron chi connectivity index (χ2n) is 5.86. The zero-order valence-corrected chi connectivity index (χ0v) is 14.1. The number of nitrogens with zero attached hydrogens (tertiary/aromatic N) is 4. The van der Waals surface area contributed by atoms with E-state index in [2.05, 4.69) is 14.7 Å². The van der Waals surface area contributed by atoms with Crippen LogP contribution in [-0.2, 0) is 16.1 Å². The van der Waals surface area contributed by atoms with Gasteiger partial charge in [-0.2, -0.15) is 4.98 Å². The van der Waals surface area contributed by atoms with E-state index in [1.165, 1.54) is 11.3 Å². The Kier molecular flexibility index (Phi) is 4.53. The van der Waals surface area contributed by atoms with Gasteiger partial charge in [-0.15, -0.1) is 0 Å². The minimum atomic E-state index is -0.474. The molecule has 24 heavy (non-hydrogen) atoms. The zero-order valence-electron chi connectivity index (χ0n) is 13.3. The Balaban J connectivity index is 1.84. The Morgan fingerprint density at radius 1 is 1.50 bits per heavy atom. The van der Waals surface area contributed by atoms with Crippen molar-refractivity contribution in [3.63, 3.8) is 0 Å². The molecule has 2 aromatic rings. The normalized spacial score (nSPS) is 20.5. The summed E-state index contributed by atoms with van der Waals surface area (Å²) < 4.78 is 4.68. The van der Waals surface area contributed by atoms with Gasteiger partial charge >= 0.3 is 0 Å². The highest BCUT2D eigenvalue weighted by atomic mass is 35.5. The molecular weight excluding hydrogens is 332 g/mol. The molecule has 8 heteroatoms. The quantitative estimate of drug-likeness (QED) is 0.843. The molecule has 2 atom stereocenters. The molecule has 1 saturated heterocycles. The van der Waals surface area contributed by atoms with E-state index in [0.29, 0.717) is 10.8 Å². The van der Waals surface area contributed by atoms with Crippen molar-refractivity contribution in [3.05, 3.63) is 47.1 Å². The van der Waals surface area contributed by atoms with Crippen molar-refractivity contribution in [1.29, 1.82) is 0 Å². The van der Waals surface area contributed by atoms with Crippen LogP contribution < -0.4 is 0 Å². The summed E-state index contributed by atoms with van der Waals surface area (Å²) in [6, 6.07) is 6.92. The second kappa shape index (κ2) is 6.60. The molecule has 126 valence electrons. The molecule has 1 aliphatic heterocycles. The standard InChI is InChI=1S/C16H17ClN4O3/c1-20(8-13-18-9-24-19-13)16(23)12-7-14(22)21(2)15(12)10-4-3-5-11(17)6-10/h3-6,9,12,15H,7-8H2,1-2H3/t12-,15-/m0/s1. The molecular formula is C16H17ClN4O3. The van der Waals surface area contributed by atoms with E-state index in [0.717, 1.165) is 5.56 Å². The van der Waals surface area contributed by atoms with Crippen LogP contribution in [0.4, 0.5) is 0 Å². The molecule has 3 rings (SSSR count). The van der Waals surface area contributed by atoms with Gasteiger partial charge in [0.2, 0.25) is 18.2 Å². The van der Waals surface area contributed by atoms with Gasteiger partial charge in [-0.1, -0.05) is 28.9 Å². The lowest BCUT2D eigenvalue weighted by molar-refractivity contribution is -0.136. The number of rotatable bonds is 4. The van der Waals surface area contributed by atoms with E-state index >= 15 is 0 Å². The van der Waals surface area contributed by atoms with Crippen LogP contribution in [0.2, 0.25) is 5.02 Å². The summed E-state index contributed by atoms with van der Waals surface area (Å²) in [6.45, 7) is 0.228. The van der Waals surface area contributed by atoms with Crippen molar-refractivity contribution >= 4 is 23.4 Å². The van der Waals surface area contributed by atoms with E-state index in [1.807, 2.05) is 12.1 Å². The Morgan fingerprint density at radius 3 is 2.96 bits per heavy atom. The number of carbonyl (C=O) groups is 2. The minimum Gasteiger partial charge on any atom is -0.343 e. The van der Waals surface area contributed by atoms with E-state index in [4.69, 9.17) is 11.6 Å². The van der Waals surface area contributed by atoms with E-state index < -0.39 is 5.92 Å². The largest absolute Gasteiger partial charge is 0.343 e. The highest BCUT2D eigenvalue weighted by molar-refractivity contribution is 6.30. The maximum atomic E-state index is 12.9. The maximum Gasteiger partial charge on any atom is 0.228 e. The van der Waals surface area contributed by atoms with Gasteiger partial charge in [0, 0.05) is 25.5 Å². The van der Waals surface area contributed by atoms with Crippen LogP contribution >= 0.6 is 11.6 Å². The summed E-state index contributed by atoms with van der Waals surface area (Å²) in [7, 11) is 3.37. The van der Waals surface area contributed by atoms with Crippen molar-refractivity contribution in [2.45, 2.75) is 19.0 Å². The molecule has 0 saturated carbocycles. The smallest absolute Gasteiger partial charge is 0.228 e. The monoisotopic (exact) mass is 348 g/mol. The Hall–Kier alpha value is -2.41. The van der Waals surface area contributed by atoms with Crippen LogP contribution in [0.15, 0.2) is 35.2 Å². The summed E-state index contributed by atoms with van der Waals surface area (Å²) in [5, 5.41) is 4.28. The fraction of sp³-hybridized carbons (Fsp3) is 0.375. The van der Waals surface area contributed by atoms with Crippen molar-refractivity contribution < 1.29 is 14.1 Å². The highest BCUT2D eigenvalue weighted by Gasteiger charge is 2.43. The second-order valence-corrected chi connectivity index (χ2v) is 6.29. The number of likely N-dealkylation sites (tertiary alicyclic amines) is 1. The molecule has 2 heterocycles. The zero-order chi connectivity index (χ0) is 17.3. The number of hydrogen-bond donors (Lipinski definition) is 0. The third-order valence-electron chi connectivity index (χ3n) is 4.26. The summed E-state index contributed by atoms with van der Waals surface area (Å²) in [4.78, 5) is 32.1. The number of amides is 2. The summed E-state index contributed by atoms with van der Waals surface area (Å²) in [5.74, 6) is -0.255. The number of benzene rings is 1. The van der Waals surface area contributed by atoms with E-state index in [-0.39, 0.29) is 30.8 Å². The molecule has 0 bridgehead atoms. The molecule has 7 nitrogen and oxygen atoms in total. The van der Waals surface area contributed by atoms with Crippen LogP contribution in [0.3, 0.4) is 0 Å². The van der Waals surface area contributed by atoms with Gasteiger partial charge in [0.1, 0.15) is 0 Å². The molecule has 1 aromatic carbocycles. The number of aromatic nitrogens is 2. The van der Waals surface area contributed by atoms with Gasteiger partial charge in [0.25, 0.3) is 0 Å². The average molecular weight is 349 g/mol. The first kappa shape index (κ1) is 16.4. The SMILES string of the molecule is CN(Cc1ncon1)C(=O)[C@H]1CC(=O)N(C)[C@H]1c1cccc(Cl)c1. The first-order valence-corrected chi connectivity index (χ1v) is 7.86. The summed E-state index contributed by atoms with van der Waals surface area (Å²) >= 11 is 6.07. The lowest BCUT2D eigenvalue weighted by Crippen LogP contribution is -2.36. The lowest BCUT2D eigenvalue weighted by atomic mass is 9.92. The van der Waals surface area contributed by atoms with Crippen LogP contribution in [-0.4, -0.2) is 45.9 Å². The molecule has 1 fully saturated rings. The van der Waals surface area contributed by atoms with Gasteiger partial charge in [-0.25, -0.2) is 0 Å². The van der Waals surface area contributed by atoms with Crippen LogP contribution in [0.25, 0.3) is 0 Å². The Morgan fingerprint density at radius 2 is 2.29 bits per heavy atom. The summed E-state index contributed by atoms with van der Waals surface area (Å²) in [5.41, 5.74) is 0.849. The molecule has 0 spiro atoms. The van der Waals surface area contributed by atoms with Crippen LogP contribution in [0.5, 0.6) is 0 Å². The van der Waals surface area contributed by atoms with E-state index in [1.54, 1.807) is 31.1 Å². The van der Waals surface area contributed by atoms with Crippen molar-refractivity contribution in [2.75, 3.05) is 14.1 Å². The third-order valence-corrected chi connectivity index (χ3v) is 4.49. The molecule has 0 radical (unpaired) electrons. The fourth-order valence-electron chi connectivity index (χ4n) is 3.07. The molecule has 2 amide bonds. The van der Waals surface area contributed by atoms with Gasteiger partial charge in [0.05, 0.1) is 18.5 Å². The van der Waals surface area contributed by atoms with Gasteiger partial charge in [-0.3, -0.25) is 9.59 Å². The van der Waals surface area contributed by atoms with E-state index in [9.17, 15) is 9.59 Å². The number of carbonyl (C=O) groups excluding carboxylic acids is 2. The fourth-order valence-corrected chi connectivity index (χ4v) is 3.27. The maximum absolute atomic E-state index is 12.9. The highest BCUT2D eigenvalue weighted by Crippen LogP contribution is 2.38. The molecule has 1 aromatic heterocycles. The van der Waals surface area contributed by atoms with Crippen molar-refractivity contribution in [1.82, 2.24) is 19.9 Å². The first-order valence-electron chi connectivity index (χ1n) is 7.48. The predicted molar refractivity (Wildman–Crippen MR) is 85.8 cm³/mol. The first-order chi connectivity index (χ1) is 11.5. The molecule has 0 N–H and O–H groups in total. The predicted octanol–water partition coefficient (Wildman–Crippen LogP) is 1.90. The van der Waals surface area contributed by atoms with Crippen molar-refractivity contribution in [3.8, 4) is 0 Å². The van der Waals surface area contributed by atoms with Crippen LogP contribution in [0, 0.1) is 5.92 Å². The summed E-state index contributed by atoms with van der Waals surface area (Å²) in [6.07, 6.45) is 1.39. The van der Waals surface area contributed by atoms with Gasteiger partial charge in [0.15, 0.2) is 5.82 Å². The Labute approximate surface area is 144 Å². The van der Waals surface area contributed by atoms with Gasteiger partial charge in [-0.05, 0) is 17.7 Å². The van der Waals surface area contributed by atoms with Crippen molar-refractivity contribution in [2.24, 2.45) is 5.92 Å². The molecule has 0 unspecified atom stereocenters. The minimum absolute atomic E-state index is 0.0636. The van der Waals surface area contributed by atoms with Gasteiger partial charge < -0.3 is 14.3 Å². The van der Waals surface area contributed by atoms with Crippen LogP contribution in [0.1, 0.15) is 23.9 Å². The lowest BCUT2D eigenvalue weighted by Gasteiger charge is -2.27. The average Bonchev–Trinajstić information content (AvgIpc) is 3.15. The molecule has 0 aliphatic carbocycles. The third kappa shape index (κ3) is 3.12. The topological polar surface area (TPSA) is 79.5 Å². The molecule has 1 aliphatic rings. The Bertz CT molecular complexity index is 750. The number of halogens is 1. The number of hydrogen-bond acceptors (Lipinski definition) is 5.